The fourth-order valence-electron chi connectivity index (χ4n) is 2.47. The summed E-state index contributed by atoms with van der Waals surface area (Å²) < 4.78 is 10.4. The maximum atomic E-state index is 12.2. The number of ether oxygens (including phenoxy) is 2. The van der Waals surface area contributed by atoms with Gasteiger partial charge in [-0.1, -0.05) is 13.8 Å². The summed E-state index contributed by atoms with van der Waals surface area (Å²) in [5, 5.41) is 3.13. The van der Waals surface area contributed by atoms with Crippen LogP contribution in [0.2, 0.25) is 0 Å². The molecule has 0 aromatic rings. The fraction of sp³-hybridized carbons (Fsp3) is 0.938. The second-order valence-electron chi connectivity index (χ2n) is 6.24. The molecule has 5 nitrogen and oxygen atoms in total. The maximum absolute atomic E-state index is 12.2. The Hall–Kier alpha value is -0.650. The topological polar surface area (TPSA) is 50.8 Å². The van der Waals surface area contributed by atoms with Crippen molar-refractivity contribution < 1.29 is 14.3 Å². The minimum Gasteiger partial charge on any atom is -0.465 e. The van der Waals surface area contributed by atoms with Crippen molar-refractivity contribution >= 4 is 5.97 Å². The number of methoxy groups -OCH3 is 1. The Kier molecular flexibility index (Phi) is 9.83. The number of likely N-dealkylation sites (N-methyl/N-ethyl adjacent to an activating group) is 1. The van der Waals surface area contributed by atoms with Crippen molar-refractivity contribution in [3.05, 3.63) is 0 Å². The SMILES string of the molecule is CCOC(=O)C(C)(CC(C)N(CCOC)CC(C)C)NC. The van der Waals surface area contributed by atoms with Crippen LogP contribution >= 0.6 is 0 Å². The standard InChI is InChI=1S/C16H34N2O3/c1-8-21-15(19)16(5,17-6)11-14(4)18(9-10-20-7)12-13(2)3/h13-14,17H,8-12H2,1-7H3. The van der Waals surface area contributed by atoms with E-state index in [1.807, 2.05) is 20.9 Å². The van der Waals surface area contributed by atoms with Crippen molar-refractivity contribution in [2.75, 3.05) is 40.5 Å². The predicted molar refractivity (Wildman–Crippen MR) is 86.5 cm³/mol. The van der Waals surface area contributed by atoms with E-state index in [9.17, 15) is 4.79 Å². The summed E-state index contributed by atoms with van der Waals surface area (Å²) in [7, 11) is 3.53. The third kappa shape index (κ3) is 7.25. The van der Waals surface area contributed by atoms with Crippen LogP contribution in [0.1, 0.15) is 41.0 Å². The van der Waals surface area contributed by atoms with E-state index in [0.717, 1.165) is 13.1 Å². The summed E-state index contributed by atoms with van der Waals surface area (Å²) in [6.45, 7) is 13.3. The van der Waals surface area contributed by atoms with Crippen LogP contribution in [0.4, 0.5) is 0 Å². The summed E-state index contributed by atoms with van der Waals surface area (Å²) in [5.41, 5.74) is -0.655. The van der Waals surface area contributed by atoms with Gasteiger partial charge in [0.15, 0.2) is 0 Å². The third-order valence-corrected chi connectivity index (χ3v) is 3.79. The number of carbonyl (C=O) groups excluding carboxylic acids is 1. The van der Waals surface area contributed by atoms with Gasteiger partial charge in [0.2, 0.25) is 0 Å². The van der Waals surface area contributed by atoms with E-state index in [4.69, 9.17) is 9.47 Å². The first-order valence-electron chi connectivity index (χ1n) is 7.89. The van der Waals surface area contributed by atoms with Crippen molar-refractivity contribution in [3.8, 4) is 0 Å². The van der Waals surface area contributed by atoms with Gasteiger partial charge in [-0.05, 0) is 40.2 Å². The molecule has 0 aliphatic heterocycles. The van der Waals surface area contributed by atoms with Crippen LogP contribution < -0.4 is 5.32 Å². The number of hydrogen-bond acceptors (Lipinski definition) is 5. The largest absolute Gasteiger partial charge is 0.465 e. The van der Waals surface area contributed by atoms with Crippen molar-refractivity contribution in [1.29, 1.82) is 0 Å². The Morgan fingerprint density at radius 1 is 1.33 bits per heavy atom. The number of nitrogens with one attached hydrogen (secondary N) is 1. The molecule has 0 aliphatic carbocycles. The summed E-state index contributed by atoms with van der Waals surface area (Å²) >= 11 is 0. The smallest absolute Gasteiger partial charge is 0.326 e. The number of nitrogens with zero attached hydrogens (tertiary/aromatic N) is 1. The molecule has 0 aromatic heterocycles. The summed E-state index contributed by atoms with van der Waals surface area (Å²) in [5.74, 6) is 0.392. The van der Waals surface area contributed by atoms with Crippen molar-refractivity contribution in [2.24, 2.45) is 5.92 Å². The summed E-state index contributed by atoms with van der Waals surface area (Å²) in [6.07, 6.45) is 0.707. The average molecular weight is 302 g/mol. The molecule has 21 heavy (non-hydrogen) atoms. The lowest BCUT2D eigenvalue weighted by molar-refractivity contribution is -0.151. The molecular weight excluding hydrogens is 268 g/mol. The van der Waals surface area contributed by atoms with Crippen LogP contribution in [-0.2, 0) is 14.3 Å². The van der Waals surface area contributed by atoms with Crippen LogP contribution in [-0.4, -0.2) is 62.9 Å². The second-order valence-corrected chi connectivity index (χ2v) is 6.24. The molecule has 0 spiro atoms. The second kappa shape index (κ2) is 10.1. The zero-order valence-corrected chi connectivity index (χ0v) is 14.9. The normalized spacial score (nSPS) is 16.0. The molecule has 0 aromatic carbocycles. The monoisotopic (exact) mass is 302 g/mol. The third-order valence-electron chi connectivity index (χ3n) is 3.79. The van der Waals surface area contributed by atoms with Gasteiger partial charge in [-0.2, -0.15) is 0 Å². The van der Waals surface area contributed by atoms with E-state index in [0.29, 0.717) is 25.6 Å². The molecule has 0 heterocycles. The molecule has 5 heteroatoms. The maximum Gasteiger partial charge on any atom is 0.326 e. The quantitative estimate of drug-likeness (QED) is 0.591. The lowest BCUT2D eigenvalue weighted by atomic mass is 9.92. The summed E-state index contributed by atoms with van der Waals surface area (Å²) in [4.78, 5) is 14.5. The van der Waals surface area contributed by atoms with Crippen LogP contribution in [0.3, 0.4) is 0 Å². The van der Waals surface area contributed by atoms with E-state index in [2.05, 4.69) is 31.0 Å². The lowest BCUT2D eigenvalue weighted by Crippen LogP contribution is -2.53. The van der Waals surface area contributed by atoms with Crippen LogP contribution in [0.25, 0.3) is 0 Å². The van der Waals surface area contributed by atoms with Crippen molar-refractivity contribution in [3.63, 3.8) is 0 Å². The zero-order valence-electron chi connectivity index (χ0n) is 14.9. The molecule has 0 radical (unpaired) electrons. The molecule has 0 aliphatic rings. The van der Waals surface area contributed by atoms with Gasteiger partial charge in [-0.25, -0.2) is 0 Å². The molecule has 0 bridgehead atoms. The Morgan fingerprint density at radius 3 is 2.38 bits per heavy atom. The Balaban J connectivity index is 4.81. The first-order valence-corrected chi connectivity index (χ1v) is 7.89. The molecule has 0 fully saturated rings. The fourth-order valence-corrected chi connectivity index (χ4v) is 2.47. The van der Waals surface area contributed by atoms with Gasteiger partial charge in [-0.15, -0.1) is 0 Å². The van der Waals surface area contributed by atoms with Gasteiger partial charge in [0.05, 0.1) is 13.2 Å². The Labute approximate surface area is 130 Å². The Bertz CT molecular complexity index is 297. The lowest BCUT2D eigenvalue weighted by Gasteiger charge is -2.36. The van der Waals surface area contributed by atoms with Gasteiger partial charge in [-0.3, -0.25) is 9.69 Å². The van der Waals surface area contributed by atoms with Gasteiger partial charge in [0.25, 0.3) is 0 Å². The Morgan fingerprint density at radius 2 is 1.95 bits per heavy atom. The minimum absolute atomic E-state index is 0.185. The van der Waals surface area contributed by atoms with Gasteiger partial charge in [0.1, 0.15) is 5.54 Å². The molecule has 2 unspecified atom stereocenters. The highest BCUT2D eigenvalue weighted by Crippen LogP contribution is 2.19. The molecule has 126 valence electrons. The van der Waals surface area contributed by atoms with E-state index in [1.54, 1.807) is 7.11 Å². The highest BCUT2D eigenvalue weighted by Gasteiger charge is 2.36. The van der Waals surface area contributed by atoms with Crippen molar-refractivity contribution in [1.82, 2.24) is 10.2 Å². The average Bonchev–Trinajstić information content (AvgIpc) is 2.42. The molecule has 0 amide bonds. The molecular formula is C16H34N2O3. The number of esters is 1. The molecule has 2 atom stereocenters. The highest BCUT2D eigenvalue weighted by molar-refractivity contribution is 5.80. The van der Waals surface area contributed by atoms with Gasteiger partial charge >= 0.3 is 5.97 Å². The summed E-state index contributed by atoms with van der Waals surface area (Å²) in [6, 6.07) is 0.268. The van der Waals surface area contributed by atoms with Gasteiger partial charge < -0.3 is 14.8 Å². The van der Waals surface area contributed by atoms with Crippen molar-refractivity contribution in [2.45, 2.75) is 52.6 Å². The molecule has 0 saturated carbocycles. The van der Waals surface area contributed by atoms with Crippen LogP contribution in [0, 0.1) is 5.92 Å². The van der Waals surface area contributed by atoms with E-state index in [1.165, 1.54) is 0 Å². The van der Waals surface area contributed by atoms with E-state index >= 15 is 0 Å². The minimum atomic E-state index is -0.655. The van der Waals surface area contributed by atoms with E-state index < -0.39 is 5.54 Å². The zero-order chi connectivity index (χ0) is 16.5. The van der Waals surface area contributed by atoms with Crippen LogP contribution in [0.15, 0.2) is 0 Å². The molecule has 0 rings (SSSR count). The highest BCUT2D eigenvalue weighted by atomic mass is 16.5. The van der Waals surface area contributed by atoms with Crippen LogP contribution in [0.5, 0.6) is 0 Å². The number of rotatable bonds is 11. The van der Waals surface area contributed by atoms with Gasteiger partial charge in [0, 0.05) is 26.2 Å². The molecule has 1 N–H and O–H groups in total. The molecule has 0 saturated heterocycles. The number of hydrogen-bond donors (Lipinski definition) is 1. The first kappa shape index (κ1) is 20.3. The number of carbonyl (C=O) groups is 1. The predicted octanol–water partition coefficient (Wildman–Crippen LogP) is 1.91. The first-order chi connectivity index (χ1) is 9.80. The van der Waals surface area contributed by atoms with E-state index in [-0.39, 0.29) is 12.0 Å².